The minimum absolute atomic E-state index is 0.161. The van der Waals surface area contributed by atoms with Gasteiger partial charge in [-0.25, -0.2) is 0 Å². The first-order valence-corrected chi connectivity index (χ1v) is 22.4. The van der Waals surface area contributed by atoms with E-state index >= 15 is 0 Å². The van der Waals surface area contributed by atoms with Crippen molar-refractivity contribution >= 4 is 45.5 Å². The zero-order valence-electron chi connectivity index (χ0n) is 21.2. The van der Waals surface area contributed by atoms with Crippen LogP contribution in [-0.4, -0.2) is 48.7 Å². The van der Waals surface area contributed by atoms with Crippen LogP contribution in [0, 0.1) is 6.92 Å². The van der Waals surface area contributed by atoms with Gasteiger partial charge in [0.2, 0.25) is 0 Å². The van der Waals surface area contributed by atoms with Crippen LogP contribution < -0.4 is 4.74 Å². The van der Waals surface area contributed by atoms with E-state index in [0.717, 1.165) is 5.75 Å². The van der Waals surface area contributed by atoms with Crippen molar-refractivity contribution in [2.45, 2.75) is 90.5 Å². The number of unbranched alkanes of at least 4 members (excludes halogenated alkanes) is 3. The van der Waals surface area contributed by atoms with Crippen LogP contribution in [0.4, 0.5) is 0 Å². The van der Waals surface area contributed by atoms with Gasteiger partial charge in [-0.15, -0.1) is 0 Å². The molecule has 2 nitrogen and oxygen atoms in total. The zero-order valence-corrected chi connectivity index (χ0v) is 25.7. The molecule has 0 aromatic heterocycles. The number of aliphatic hydroxyl groups is 1. The topological polar surface area (TPSA) is 29.5 Å². The number of hydrogen-bond donors (Lipinski definition) is 1. The molecule has 1 heterocycles. The molecule has 1 fully saturated rings. The van der Waals surface area contributed by atoms with Crippen molar-refractivity contribution in [3.63, 3.8) is 0 Å². The fraction of sp³-hybridized carbons (Fsp3) is 0.704. The molecule has 2 rings (SSSR count). The summed E-state index contributed by atoms with van der Waals surface area (Å²) in [7, 11) is 1.80. The van der Waals surface area contributed by atoms with Crippen molar-refractivity contribution in [2.24, 2.45) is 0 Å². The van der Waals surface area contributed by atoms with Gasteiger partial charge in [0.25, 0.3) is 0 Å². The minimum atomic E-state index is -2.72. The average Bonchev–Trinajstić information content (AvgIpc) is 2.83. The Hall–Kier alpha value is 0.219. The molecule has 5 heteroatoms. The molecule has 0 aliphatic carbocycles. The number of thioether (sulfide) groups is 2. The van der Waals surface area contributed by atoms with E-state index in [4.69, 9.17) is 4.74 Å². The van der Waals surface area contributed by atoms with Gasteiger partial charge < -0.3 is 0 Å². The fourth-order valence-corrected chi connectivity index (χ4v) is 25.3. The van der Waals surface area contributed by atoms with Crippen LogP contribution in [0.2, 0.25) is 13.3 Å². The van der Waals surface area contributed by atoms with Crippen molar-refractivity contribution in [1.82, 2.24) is 0 Å². The summed E-state index contributed by atoms with van der Waals surface area (Å²) >= 11 is 1.48. The van der Waals surface area contributed by atoms with Gasteiger partial charge in [0.05, 0.1) is 0 Å². The Labute approximate surface area is 210 Å². The second-order valence-electron chi connectivity index (χ2n) is 9.17. The van der Waals surface area contributed by atoms with Gasteiger partial charge in [-0.05, 0) is 0 Å². The molecule has 32 heavy (non-hydrogen) atoms. The van der Waals surface area contributed by atoms with Crippen molar-refractivity contribution in [3.05, 3.63) is 34.9 Å². The number of aliphatic hydroxyl groups excluding tert-OH is 1. The second-order valence-corrected chi connectivity index (χ2v) is 25.0. The van der Waals surface area contributed by atoms with Crippen LogP contribution in [0.25, 0.3) is 3.59 Å². The van der Waals surface area contributed by atoms with Gasteiger partial charge in [0.15, 0.2) is 0 Å². The van der Waals surface area contributed by atoms with E-state index in [-0.39, 0.29) is 6.61 Å². The molecule has 0 spiro atoms. The second kappa shape index (κ2) is 15.3. The van der Waals surface area contributed by atoms with Gasteiger partial charge in [-0.2, -0.15) is 0 Å². The number of methoxy groups -OCH3 is 1. The van der Waals surface area contributed by atoms with E-state index < -0.39 is 18.4 Å². The Balaban J connectivity index is 2.69. The maximum atomic E-state index is 10.2. The maximum absolute atomic E-state index is 10.2. The third-order valence-corrected chi connectivity index (χ3v) is 25.7. The zero-order chi connectivity index (χ0) is 23.4. The standard InChI is InChI=1S/C15H19O2S2.3C4H9.Sn/c1-11-13(17-2)7-6-12(5-3-8-16)14(11)15-18-9-4-10-19-15;3*1-3-4-2;/h3,6-7,15-16H,4,8-10H2,1-2H3;3*1,3-4H2,2H3;. The third-order valence-electron chi connectivity index (χ3n) is 6.93. The normalized spacial score (nSPS) is 15.9. The quantitative estimate of drug-likeness (QED) is 0.222. The molecular weight excluding hydrogens is 539 g/mol. The fourth-order valence-electron chi connectivity index (χ4n) is 5.15. The molecule has 1 N–H and O–H groups in total. The molecule has 0 amide bonds. The predicted molar refractivity (Wildman–Crippen MR) is 150 cm³/mol. The summed E-state index contributed by atoms with van der Waals surface area (Å²) in [5, 5.41) is 10.2. The number of ether oxygens (including phenoxy) is 1. The number of rotatable bonds is 14. The van der Waals surface area contributed by atoms with Crippen LogP contribution >= 0.6 is 23.5 Å². The van der Waals surface area contributed by atoms with Crippen molar-refractivity contribution in [1.29, 1.82) is 0 Å². The molecule has 1 aliphatic heterocycles. The van der Waals surface area contributed by atoms with Gasteiger partial charge >= 0.3 is 212 Å². The molecule has 1 aliphatic rings. The molecule has 0 radical (unpaired) electrons. The molecule has 0 unspecified atom stereocenters. The molecule has 0 saturated carbocycles. The summed E-state index contributed by atoms with van der Waals surface area (Å²) in [5.41, 5.74) is 4.26. The van der Waals surface area contributed by atoms with E-state index in [9.17, 15) is 5.11 Å². The molecule has 0 atom stereocenters. The van der Waals surface area contributed by atoms with Crippen molar-refractivity contribution in [3.8, 4) is 5.75 Å². The molecular formula is C27H46O2S2Sn. The third kappa shape index (κ3) is 7.36. The summed E-state index contributed by atoms with van der Waals surface area (Å²) < 4.78 is 12.1. The number of hydrogen-bond acceptors (Lipinski definition) is 4. The molecule has 1 saturated heterocycles. The Morgan fingerprint density at radius 1 is 1.03 bits per heavy atom. The van der Waals surface area contributed by atoms with Crippen LogP contribution in [0.1, 0.15) is 87.0 Å². The molecule has 1 aromatic rings. The van der Waals surface area contributed by atoms with E-state index in [2.05, 4.69) is 69.4 Å². The first-order valence-electron chi connectivity index (χ1n) is 12.8. The van der Waals surface area contributed by atoms with E-state index in [1.54, 1.807) is 10.7 Å². The van der Waals surface area contributed by atoms with Gasteiger partial charge in [0.1, 0.15) is 0 Å². The van der Waals surface area contributed by atoms with Crippen LogP contribution in [0.5, 0.6) is 5.75 Å². The van der Waals surface area contributed by atoms with Crippen LogP contribution in [0.15, 0.2) is 18.2 Å². The number of benzene rings is 1. The summed E-state index contributed by atoms with van der Waals surface area (Å²) in [6, 6.07) is 4.54. The summed E-state index contributed by atoms with van der Waals surface area (Å²) in [5.74, 6) is 3.49. The SMILES string of the molecule is CCC[CH2][Sn]([CH2]CCC)([CH2]CCC)/[C](=C/CO)c1ccc(OC)c(C)c1C1SCCCS1. The predicted octanol–water partition coefficient (Wildman–Crippen LogP) is 8.64. The molecule has 0 bridgehead atoms. The van der Waals surface area contributed by atoms with E-state index in [1.807, 2.05) is 0 Å². The first-order chi connectivity index (χ1) is 15.6. The van der Waals surface area contributed by atoms with Crippen LogP contribution in [0.3, 0.4) is 0 Å². The van der Waals surface area contributed by atoms with E-state index in [1.165, 1.54) is 86.5 Å². The summed E-state index contributed by atoms with van der Waals surface area (Å²) in [6.07, 6.45) is 11.4. The molecule has 1 aromatic carbocycles. The average molecular weight is 586 g/mol. The summed E-state index contributed by atoms with van der Waals surface area (Å²) in [6.45, 7) is 9.43. The van der Waals surface area contributed by atoms with Gasteiger partial charge in [-0.1, -0.05) is 0 Å². The van der Waals surface area contributed by atoms with Crippen molar-refractivity contribution < 1.29 is 9.84 Å². The van der Waals surface area contributed by atoms with Crippen molar-refractivity contribution in [2.75, 3.05) is 25.2 Å². The van der Waals surface area contributed by atoms with Gasteiger partial charge in [-0.3, -0.25) is 0 Å². The molecule has 182 valence electrons. The Morgan fingerprint density at radius 3 is 2.06 bits per heavy atom. The Kier molecular flexibility index (Phi) is 13.6. The van der Waals surface area contributed by atoms with E-state index in [0.29, 0.717) is 4.58 Å². The monoisotopic (exact) mass is 586 g/mol. The van der Waals surface area contributed by atoms with Crippen LogP contribution in [-0.2, 0) is 0 Å². The Bertz CT molecular complexity index is 692. The summed E-state index contributed by atoms with van der Waals surface area (Å²) in [4.78, 5) is 0. The van der Waals surface area contributed by atoms with Gasteiger partial charge in [0, 0.05) is 0 Å². The Morgan fingerprint density at radius 2 is 1.59 bits per heavy atom. The first kappa shape index (κ1) is 28.5.